The van der Waals surface area contributed by atoms with Crippen molar-refractivity contribution in [2.75, 3.05) is 32.0 Å². The first-order valence-corrected chi connectivity index (χ1v) is 11.9. The Hall–Kier alpha value is -3.04. The number of hydrogen-bond acceptors (Lipinski definition) is 8. The topological polar surface area (TPSA) is 106 Å². The third-order valence-corrected chi connectivity index (χ3v) is 8.31. The van der Waals surface area contributed by atoms with Gasteiger partial charge < -0.3 is 24.8 Å². The quantitative estimate of drug-likeness (QED) is 0.516. The first-order chi connectivity index (χ1) is 16.6. The molecule has 6 atom stereocenters. The molecule has 9 heteroatoms. The van der Waals surface area contributed by atoms with E-state index in [1.165, 1.54) is 0 Å². The lowest BCUT2D eigenvalue weighted by molar-refractivity contribution is -0.118. The minimum absolute atomic E-state index is 0.0571. The van der Waals surface area contributed by atoms with Gasteiger partial charge >= 0.3 is 0 Å². The zero-order valence-corrected chi connectivity index (χ0v) is 19.7. The van der Waals surface area contributed by atoms with Gasteiger partial charge in [0.05, 0.1) is 39.1 Å². The van der Waals surface area contributed by atoms with E-state index in [9.17, 15) is 4.79 Å². The summed E-state index contributed by atoms with van der Waals surface area (Å²) in [5, 5.41) is 6.67. The average Bonchev–Trinajstić information content (AvgIpc) is 3.42. The summed E-state index contributed by atoms with van der Waals surface area (Å²) in [7, 11) is 4.92. The molecule has 0 bridgehead atoms. The van der Waals surface area contributed by atoms with Gasteiger partial charge in [0, 0.05) is 23.7 Å². The average molecular weight is 466 g/mol. The van der Waals surface area contributed by atoms with Crippen LogP contribution in [0.4, 0.5) is 11.4 Å². The summed E-state index contributed by atoms with van der Waals surface area (Å²) in [5.74, 6) is 3.48. The number of nitrogens with zero attached hydrogens (tertiary/aromatic N) is 1. The molecule has 1 aromatic carbocycles. The number of hydrogen-bond donors (Lipinski definition) is 4. The largest absolute Gasteiger partial charge is 0.497 e. The number of pyridine rings is 1. The van der Waals surface area contributed by atoms with Crippen LogP contribution in [0, 0.1) is 17.8 Å². The number of carbonyl (C=O) groups is 1. The molecule has 2 aliphatic carbocycles. The highest BCUT2D eigenvalue weighted by Gasteiger charge is 2.67. The molecule has 2 aromatic rings. The number of ether oxygens (including phenoxy) is 3. The van der Waals surface area contributed by atoms with E-state index in [-0.39, 0.29) is 17.5 Å². The van der Waals surface area contributed by atoms with Gasteiger partial charge in [-0.25, -0.2) is 10.4 Å². The summed E-state index contributed by atoms with van der Waals surface area (Å²) < 4.78 is 16.2. The highest BCUT2D eigenvalue weighted by molar-refractivity contribution is 6.09. The number of rotatable bonds is 6. The Balaban J connectivity index is 1.16. The molecule has 0 radical (unpaired) electrons. The summed E-state index contributed by atoms with van der Waals surface area (Å²) in [5.41, 5.74) is 9.41. The third-order valence-electron chi connectivity index (χ3n) is 8.31. The van der Waals surface area contributed by atoms with Crippen molar-refractivity contribution in [3.63, 3.8) is 0 Å². The Morgan fingerprint density at radius 2 is 1.91 bits per heavy atom. The molecule has 4 unspecified atom stereocenters. The molecule has 3 heterocycles. The van der Waals surface area contributed by atoms with Crippen molar-refractivity contribution in [3.05, 3.63) is 36.0 Å². The van der Waals surface area contributed by atoms with E-state index in [0.29, 0.717) is 35.4 Å². The molecule has 1 saturated heterocycles. The Morgan fingerprint density at radius 1 is 1.06 bits per heavy atom. The fourth-order valence-corrected chi connectivity index (χ4v) is 6.49. The van der Waals surface area contributed by atoms with Crippen molar-refractivity contribution in [2.24, 2.45) is 17.8 Å². The van der Waals surface area contributed by atoms with E-state index in [4.69, 9.17) is 14.2 Å². The lowest BCUT2D eigenvalue weighted by Crippen LogP contribution is -2.39. The van der Waals surface area contributed by atoms with Crippen molar-refractivity contribution in [1.29, 1.82) is 0 Å². The number of benzene rings is 1. The van der Waals surface area contributed by atoms with E-state index in [1.807, 2.05) is 24.3 Å². The molecule has 4 aliphatic rings. The lowest BCUT2D eigenvalue weighted by Gasteiger charge is -2.34. The molecule has 3 fully saturated rings. The number of fused-ring (bicyclic) bond motifs is 3. The maximum Gasteiger partial charge on any atom is 0.237 e. The van der Waals surface area contributed by atoms with Crippen molar-refractivity contribution < 1.29 is 19.0 Å². The molecular formula is C25H31N5O4. The number of hydrazine groups is 1. The van der Waals surface area contributed by atoms with E-state index in [0.717, 1.165) is 48.4 Å². The van der Waals surface area contributed by atoms with Crippen LogP contribution in [0.15, 0.2) is 30.5 Å². The second kappa shape index (κ2) is 8.02. The molecule has 6 rings (SSSR count). The van der Waals surface area contributed by atoms with Crippen molar-refractivity contribution in [3.8, 4) is 17.4 Å². The molecule has 4 N–H and O–H groups in total. The molecule has 34 heavy (non-hydrogen) atoms. The van der Waals surface area contributed by atoms with Gasteiger partial charge in [-0.1, -0.05) is 0 Å². The second-order valence-electron chi connectivity index (χ2n) is 9.83. The predicted octanol–water partition coefficient (Wildman–Crippen LogP) is 2.65. The molecule has 1 amide bonds. The SMILES string of the molecule is COc1cnc(OC)c(NC2NNC3CC([C@@H]4C[C@@]45C(=O)Nc4ccc(OC)cc45)CCC32)c1. The molecule has 1 spiro atoms. The second-order valence-corrected chi connectivity index (χ2v) is 9.83. The van der Waals surface area contributed by atoms with E-state index in [1.54, 1.807) is 27.5 Å². The number of methoxy groups -OCH3 is 3. The van der Waals surface area contributed by atoms with Gasteiger partial charge in [0.25, 0.3) is 0 Å². The number of aromatic nitrogens is 1. The first kappa shape index (κ1) is 21.5. The van der Waals surface area contributed by atoms with Crippen LogP contribution < -0.4 is 35.7 Å². The highest BCUT2D eigenvalue weighted by atomic mass is 16.5. The van der Waals surface area contributed by atoms with Gasteiger partial charge in [-0.05, 0) is 61.3 Å². The zero-order chi connectivity index (χ0) is 23.4. The fourth-order valence-electron chi connectivity index (χ4n) is 6.49. The van der Waals surface area contributed by atoms with Crippen molar-refractivity contribution >= 4 is 17.3 Å². The predicted molar refractivity (Wildman–Crippen MR) is 127 cm³/mol. The van der Waals surface area contributed by atoms with Crippen LogP contribution in [0.5, 0.6) is 17.4 Å². The zero-order valence-electron chi connectivity index (χ0n) is 19.7. The van der Waals surface area contributed by atoms with Gasteiger partial charge in [0.1, 0.15) is 17.2 Å². The number of carbonyl (C=O) groups excluding carboxylic acids is 1. The summed E-state index contributed by atoms with van der Waals surface area (Å²) in [6.45, 7) is 0. The smallest absolute Gasteiger partial charge is 0.237 e. The van der Waals surface area contributed by atoms with E-state index >= 15 is 0 Å². The van der Waals surface area contributed by atoms with E-state index in [2.05, 4.69) is 26.5 Å². The van der Waals surface area contributed by atoms with Gasteiger partial charge in [-0.3, -0.25) is 10.2 Å². The molecule has 180 valence electrons. The summed E-state index contributed by atoms with van der Waals surface area (Å²) in [4.78, 5) is 17.4. The Morgan fingerprint density at radius 3 is 2.71 bits per heavy atom. The maximum atomic E-state index is 13.0. The number of amides is 1. The van der Waals surface area contributed by atoms with Crippen molar-refractivity contribution in [2.45, 2.75) is 43.3 Å². The standard InChI is InChI=1S/C25H31N5O4/c1-32-14-5-7-19-17(9-14)25(24(31)28-19)11-18(25)13-4-6-16-20(8-13)29-30-22(16)27-21-10-15(33-2)12-26-23(21)34-3/h5,7,9-10,12-13,16,18,20,22,27,29-30H,4,6,8,11H2,1-3H3,(H,28,31)/t13?,16?,18-,20?,22?,25-/m0/s1. The molecule has 9 nitrogen and oxygen atoms in total. The van der Waals surface area contributed by atoms with Crippen molar-refractivity contribution in [1.82, 2.24) is 15.8 Å². The molecule has 2 aliphatic heterocycles. The summed E-state index contributed by atoms with van der Waals surface area (Å²) in [6, 6.07) is 8.17. The molecule has 2 saturated carbocycles. The lowest BCUT2D eigenvalue weighted by atomic mass is 9.74. The number of nitrogens with one attached hydrogen (secondary N) is 4. The van der Waals surface area contributed by atoms with Gasteiger partial charge in [0.2, 0.25) is 11.8 Å². The van der Waals surface area contributed by atoms with Crippen LogP contribution in [0.2, 0.25) is 0 Å². The van der Waals surface area contributed by atoms with Crippen LogP contribution in [-0.4, -0.2) is 44.4 Å². The number of anilines is 2. The van der Waals surface area contributed by atoms with Crippen LogP contribution >= 0.6 is 0 Å². The molecular weight excluding hydrogens is 434 g/mol. The highest BCUT2D eigenvalue weighted by Crippen LogP contribution is 2.65. The van der Waals surface area contributed by atoms with Crippen LogP contribution in [-0.2, 0) is 10.2 Å². The minimum atomic E-state index is -0.384. The van der Waals surface area contributed by atoms with E-state index < -0.39 is 0 Å². The third kappa shape index (κ3) is 3.21. The monoisotopic (exact) mass is 465 g/mol. The van der Waals surface area contributed by atoms with Gasteiger partial charge in [-0.15, -0.1) is 0 Å². The van der Waals surface area contributed by atoms with Crippen LogP contribution in [0.1, 0.15) is 31.2 Å². The Labute approximate surface area is 198 Å². The van der Waals surface area contributed by atoms with Crippen LogP contribution in [0.25, 0.3) is 0 Å². The Bertz CT molecular complexity index is 1130. The van der Waals surface area contributed by atoms with Gasteiger partial charge in [-0.2, -0.15) is 0 Å². The van der Waals surface area contributed by atoms with Crippen LogP contribution in [0.3, 0.4) is 0 Å². The molecule has 1 aromatic heterocycles. The summed E-state index contributed by atoms with van der Waals surface area (Å²) in [6.07, 6.45) is 5.85. The fraction of sp³-hybridized carbons (Fsp3) is 0.520. The summed E-state index contributed by atoms with van der Waals surface area (Å²) >= 11 is 0. The Kier molecular flexibility index (Phi) is 5.07. The maximum absolute atomic E-state index is 13.0. The van der Waals surface area contributed by atoms with Gasteiger partial charge in [0.15, 0.2) is 0 Å². The normalized spacial score (nSPS) is 33.1. The first-order valence-electron chi connectivity index (χ1n) is 11.9. The minimum Gasteiger partial charge on any atom is -0.497 e.